The second kappa shape index (κ2) is 1.71. The van der Waals surface area contributed by atoms with E-state index in [0.29, 0.717) is 0 Å². The van der Waals surface area contributed by atoms with Crippen LogP contribution in [-0.4, -0.2) is 16.7 Å². The lowest BCUT2D eigenvalue weighted by atomic mass is 10.0. The van der Waals surface area contributed by atoms with Crippen LogP contribution < -0.4 is 5.73 Å². The van der Waals surface area contributed by atoms with Gasteiger partial charge in [-0.25, -0.2) is 0 Å². The second-order valence-corrected chi connectivity index (χ2v) is 2.86. The Balaban J connectivity index is 2.54. The molecule has 0 spiro atoms. The summed E-state index contributed by atoms with van der Waals surface area (Å²) in [5, 5.41) is 9.34. The molecule has 0 radical (unpaired) electrons. The van der Waals surface area contributed by atoms with E-state index >= 15 is 0 Å². The van der Waals surface area contributed by atoms with Gasteiger partial charge in [-0.1, -0.05) is 0 Å². The molecule has 1 aliphatic carbocycles. The monoisotopic (exact) mass is 115 g/mol. The smallest absolute Gasteiger partial charge is 0.0769 e. The summed E-state index contributed by atoms with van der Waals surface area (Å²) < 4.78 is 0. The number of hydrogen-bond donors (Lipinski definition) is 2. The highest BCUT2D eigenvalue weighted by Crippen LogP contribution is 2.27. The van der Waals surface area contributed by atoms with Gasteiger partial charge >= 0.3 is 0 Å². The fraction of sp³-hybridized carbons (Fsp3) is 1.00. The van der Waals surface area contributed by atoms with E-state index in [1.54, 1.807) is 0 Å². The van der Waals surface area contributed by atoms with Gasteiger partial charge in [-0.3, -0.25) is 0 Å². The molecule has 1 rings (SSSR count). The van der Waals surface area contributed by atoms with Crippen molar-refractivity contribution in [2.75, 3.05) is 0 Å². The van der Waals surface area contributed by atoms with Crippen molar-refractivity contribution in [3.05, 3.63) is 0 Å². The van der Waals surface area contributed by atoms with Gasteiger partial charge in [-0.2, -0.15) is 0 Å². The SMILES string of the molecule is C[C@@]1(O)CCC[C@@H]1N. The van der Waals surface area contributed by atoms with Crippen LogP contribution in [0.3, 0.4) is 0 Å². The van der Waals surface area contributed by atoms with Crippen LogP contribution in [0.25, 0.3) is 0 Å². The van der Waals surface area contributed by atoms with Gasteiger partial charge in [0.05, 0.1) is 5.60 Å². The number of rotatable bonds is 0. The molecule has 0 bridgehead atoms. The van der Waals surface area contributed by atoms with Crippen molar-refractivity contribution in [1.29, 1.82) is 0 Å². The van der Waals surface area contributed by atoms with E-state index in [1.807, 2.05) is 6.92 Å². The topological polar surface area (TPSA) is 46.2 Å². The van der Waals surface area contributed by atoms with Crippen LogP contribution >= 0.6 is 0 Å². The quantitative estimate of drug-likeness (QED) is 0.475. The second-order valence-electron chi connectivity index (χ2n) is 2.86. The summed E-state index contributed by atoms with van der Waals surface area (Å²) >= 11 is 0. The van der Waals surface area contributed by atoms with Crippen molar-refractivity contribution in [3.8, 4) is 0 Å². The molecule has 0 aromatic rings. The van der Waals surface area contributed by atoms with E-state index < -0.39 is 5.60 Å². The van der Waals surface area contributed by atoms with Gasteiger partial charge in [0.2, 0.25) is 0 Å². The molecule has 0 amide bonds. The Bertz CT molecular complexity index is 90.5. The van der Waals surface area contributed by atoms with Gasteiger partial charge in [0, 0.05) is 6.04 Å². The van der Waals surface area contributed by atoms with Gasteiger partial charge < -0.3 is 10.8 Å². The van der Waals surface area contributed by atoms with Crippen LogP contribution in [-0.2, 0) is 0 Å². The van der Waals surface area contributed by atoms with Crippen molar-refractivity contribution < 1.29 is 5.11 Å². The zero-order valence-electron chi connectivity index (χ0n) is 5.22. The maximum absolute atomic E-state index is 9.34. The Morgan fingerprint density at radius 3 is 2.50 bits per heavy atom. The van der Waals surface area contributed by atoms with E-state index in [4.69, 9.17) is 5.73 Å². The fourth-order valence-electron chi connectivity index (χ4n) is 1.18. The molecule has 2 nitrogen and oxygen atoms in total. The first-order valence-electron chi connectivity index (χ1n) is 3.11. The van der Waals surface area contributed by atoms with Crippen LogP contribution in [0.5, 0.6) is 0 Å². The molecule has 1 aliphatic rings. The minimum Gasteiger partial charge on any atom is -0.389 e. The zero-order chi connectivity index (χ0) is 6.20. The van der Waals surface area contributed by atoms with Crippen LogP contribution in [0.4, 0.5) is 0 Å². The minimum atomic E-state index is -0.569. The Hall–Kier alpha value is -0.0800. The lowest BCUT2D eigenvalue weighted by Crippen LogP contribution is -2.40. The summed E-state index contributed by atoms with van der Waals surface area (Å²) in [6, 6.07) is 0.0162. The number of nitrogens with two attached hydrogens (primary N) is 1. The van der Waals surface area contributed by atoms with Crippen molar-refractivity contribution in [3.63, 3.8) is 0 Å². The van der Waals surface area contributed by atoms with E-state index in [0.717, 1.165) is 19.3 Å². The van der Waals surface area contributed by atoms with Crippen LogP contribution in [0, 0.1) is 0 Å². The molecular weight excluding hydrogens is 102 g/mol. The molecular formula is C6H13NO. The van der Waals surface area contributed by atoms with Crippen LogP contribution in [0.1, 0.15) is 26.2 Å². The molecule has 1 fully saturated rings. The first-order valence-corrected chi connectivity index (χ1v) is 3.11. The summed E-state index contributed by atoms with van der Waals surface area (Å²) in [4.78, 5) is 0. The molecule has 0 aliphatic heterocycles. The molecule has 0 aromatic heterocycles. The van der Waals surface area contributed by atoms with Gasteiger partial charge in [-0.05, 0) is 26.2 Å². The van der Waals surface area contributed by atoms with E-state index in [-0.39, 0.29) is 6.04 Å². The van der Waals surface area contributed by atoms with Crippen LogP contribution in [0.15, 0.2) is 0 Å². The van der Waals surface area contributed by atoms with Gasteiger partial charge in [0.1, 0.15) is 0 Å². The predicted octanol–water partition coefficient (Wildman–Crippen LogP) is 0.249. The molecule has 0 saturated heterocycles. The zero-order valence-corrected chi connectivity index (χ0v) is 5.22. The van der Waals surface area contributed by atoms with Crippen molar-refractivity contribution in [2.45, 2.75) is 37.8 Å². The normalized spacial score (nSPS) is 47.6. The molecule has 2 atom stereocenters. The standard InChI is InChI=1S/C6H13NO/c1-6(8)4-2-3-5(6)7/h5,8H,2-4,7H2,1H3/t5-,6+/m0/s1. The first kappa shape index (κ1) is 6.05. The molecule has 2 heteroatoms. The summed E-state index contributed by atoms with van der Waals surface area (Å²) in [6.45, 7) is 1.81. The van der Waals surface area contributed by atoms with Gasteiger partial charge in [0.25, 0.3) is 0 Å². The third-order valence-electron chi connectivity index (χ3n) is 2.00. The summed E-state index contributed by atoms with van der Waals surface area (Å²) in [6.07, 6.45) is 2.93. The minimum absolute atomic E-state index is 0.0162. The van der Waals surface area contributed by atoms with Gasteiger partial charge in [-0.15, -0.1) is 0 Å². The van der Waals surface area contributed by atoms with Crippen LogP contribution in [0.2, 0.25) is 0 Å². The summed E-state index contributed by atoms with van der Waals surface area (Å²) in [5.41, 5.74) is 4.99. The molecule has 1 saturated carbocycles. The largest absolute Gasteiger partial charge is 0.389 e. The highest BCUT2D eigenvalue weighted by atomic mass is 16.3. The lowest BCUT2D eigenvalue weighted by molar-refractivity contribution is 0.0518. The average Bonchev–Trinajstić information content (AvgIpc) is 1.86. The average molecular weight is 115 g/mol. The Morgan fingerprint density at radius 2 is 2.38 bits per heavy atom. The third-order valence-corrected chi connectivity index (χ3v) is 2.00. The predicted molar refractivity (Wildman–Crippen MR) is 32.5 cm³/mol. The van der Waals surface area contributed by atoms with E-state index in [9.17, 15) is 5.11 Å². The van der Waals surface area contributed by atoms with Crippen molar-refractivity contribution in [2.24, 2.45) is 5.73 Å². The molecule has 0 heterocycles. The Labute approximate surface area is 49.7 Å². The third kappa shape index (κ3) is 0.858. The maximum atomic E-state index is 9.34. The molecule has 0 aromatic carbocycles. The van der Waals surface area contributed by atoms with Crippen molar-refractivity contribution in [1.82, 2.24) is 0 Å². The number of hydrogen-bond acceptors (Lipinski definition) is 2. The maximum Gasteiger partial charge on any atom is 0.0769 e. The highest BCUT2D eigenvalue weighted by molar-refractivity contribution is 4.90. The fourth-order valence-corrected chi connectivity index (χ4v) is 1.18. The summed E-state index contributed by atoms with van der Waals surface area (Å²) in [7, 11) is 0. The molecule has 48 valence electrons. The van der Waals surface area contributed by atoms with Gasteiger partial charge in [0.15, 0.2) is 0 Å². The molecule has 0 unspecified atom stereocenters. The summed E-state index contributed by atoms with van der Waals surface area (Å²) in [5.74, 6) is 0. The first-order chi connectivity index (χ1) is 3.63. The van der Waals surface area contributed by atoms with Crippen molar-refractivity contribution >= 4 is 0 Å². The Morgan fingerprint density at radius 1 is 1.75 bits per heavy atom. The molecule has 8 heavy (non-hydrogen) atoms. The lowest BCUT2D eigenvalue weighted by Gasteiger charge is -2.20. The Kier molecular flexibility index (Phi) is 1.29. The number of aliphatic hydroxyl groups is 1. The van der Waals surface area contributed by atoms with E-state index in [2.05, 4.69) is 0 Å². The highest BCUT2D eigenvalue weighted by Gasteiger charge is 2.33. The van der Waals surface area contributed by atoms with E-state index in [1.165, 1.54) is 0 Å². The molecule has 3 N–H and O–H groups in total.